The van der Waals surface area contributed by atoms with Crippen molar-refractivity contribution in [3.63, 3.8) is 0 Å². The van der Waals surface area contributed by atoms with E-state index >= 15 is 0 Å². The summed E-state index contributed by atoms with van der Waals surface area (Å²) in [7, 11) is 3.24. The summed E-state index contributed by atoms with van der Waals surface area (Å²) in [5.41, 5.74) is 2.46. The minimum atomic E-state index is -0.148. The average molecular weight is 409 g/mol. The summed E-state index contributed by atoms with van der Waals surface area (Å²) in [6.45, 7) is 3.20. The molecule has 1 aliphatic heterocycles. The second-order valence-electron chi connectivity index (χ2n) is 7.45. The second-order valence-corrected chi connectivity index (χ2v) is 7.45. The van der Waals surface area contributed by atoms with E-state index in [1.807, 2.05) is 54.3 Å². The summed E-state index contributed by atoms with van der Waals surface area (Å²) in [5, 5.41) is 0. The van der Waals surface area contributed by atoms with Gasteiger partial charge in [-0.1, -0.05) is 12.1 Å². The van der Waals surface area contributed by atoms with Crippen LogP contribution in [0.15, 0.2) is 47.3 Å². The van der Waals surface area contributed by atoms with E-state index in [9.17, 15) is 9.59 Å². The van der Waals surface area contributed by atoms with Crippen LogP contribution in [-0.4, -0.2) is 40.7 Å². The van der Waals surface area contributed by atoms with E-state index in [-0.39, 0.29) is 24.2 Å². The van der Waals surface area contributed by atoms with Crippen LogP contribution in [0, 0.1) is 0 Å². The number of likely N-dealkylation sites (tertiary alicyclic amines) is 1. The largest absolute Gasteiger partial charge is 0.497 e. The van der Waals surface area contributed by atoms with Crippen LogP contribution in [0.2, 0.25) is 0 Å². The van der Waals surface area contributed by atoms with Crippen LogP contribution in [0.25, 0.3) is 11.0 Å². The van der Waals surface area contributed by atoms with Gasteiger partial charge >= 0.3 is 5.69 Å². The Hall–Kier alpha value is -3.22. The number of hydrogen-bond donors (Lipinski definition) is 0. The molecular weight excluding hydrogens is 382 g/mol. The SMILES string of the molecule is CCn1c(=O)n(CC(=O)N2CCC[C@@H]2c2ccc(OC)cc2OC)c2ccccc21. The molecule has 4 rings (SSSR count). The lowest BCUT2D eigenvalue weighted by atomic mass is 10.0. The summed E-state index contributed by atoms with van der Waals surface area (Å²) in [5.74, 6) is 1.36. The van der Waals surface area contributed by atoms with Crippen LogP contribution in [0.5, 0.6) is 11.5 Å². The molecule has 2 aromatic carbocycles. The van der Waals surface area contributed by atoms with Gasteiger partial charge < -0.3 is 14.4 Å². The number of rotatable bonds is 6. The molecular formula is C23H27N3O4. The quantitative estimate of drug-likeness (QED) is 0.627. The number of amides is 1. The van der Waals surface area contributed by atoms with Crippen LogP contribution in [0.1, 0.15) is 31.4 Å². The third-order valence-electron chi connectivity index (χ3n) is 5.91. The maximum atomic E-state index is 13.3. The van der Waals surface area contributed by atoms with Crippen LogP contribution < -0.4 is 15.2 Å². The first-order chi connectivity index (χ1) is 14.6. The Morgan fingerprint density at radius 2 is 1.80 bits per heavy atom. The summed E-state index contributed by atoms with van der Waals surface area (Å²) < 4.78 is 14.1. The van der Waals surface area contributed by atoms with E-state index in [0.717, 1.165) is 29.4 Å². The molecule has 1 atom stereocenters. The minimum Gasteiger partial charge on any atom is -0.497 e. The van der Waals surface area contributed by atoms with Gasteiger partial charge in [0.05, 0.1) is 31.3 Å². The van der Waals surface area contributed by atoms with Crippen molar-refractivity contribution in [3.8, 4) is 11.5 Å². The number of aryl methyl sites for hydroxylation is 1. The molecule has 0 saturated carbocycles. The van der Waals surface area contributed by atoms with Gasteiger partial charge in [-0.3, -0.25) is 13.9 Å². The Labute approximate surface area is 175 Å². The fourth-order valence-electron chi connectivity index (χ4n) is 4.44. The highest BCUT2D eigenvalue weighted by Crippen LogP contribution is 2.38. The number of fused-ring (bicyclic) bond motifs is 1. The van der Waals surface area contributed by atoms with Gasteiger partial charge in [0.2, 0.25) is 5.91 Å². The number of carbonyl (C=O) groups is 1. The summed E-state index contributed by atoms with van der Waals surface area (Å²) in [6, 6.07) is 13.2. The highest BCUT2D eigenvalue weighted by Gasteiger charge is 2.32. The number of nitrogens with zero attached hydrogens (tertiary/aromatic N) is 3. The van der Waals surface area contributed by atoms with Gasteiger partial charge in [0, 0.05) is 24.7 Å². The fraction of sp³-hybridized carbons (Fsp3) is 0.391. The number of imidazole rings is 1. The first-order valence-electron chi connectivity index (χ1n) is 10.3. The number of para-hydroxylation sites is 2. The molecule has 1 amide bonds. The van der Waals surface area contributed by atoms with E-state index in [0.29, 0.717) is 24.6 Å². The lowest BCUT2D eigenvalue weighted by Gasteiger charge is -2.26. The van der Waals surface area contributed by atoms with Crippen LogP contribution in [0.4, 0.5) is 0 Å². The molecule has 1 aliphatic rings. The zero-order chi connectivity index (χ0) is 21.3. The van der Waals surface area contributed by atoms with Gasteiger partial charge in [-0.2, -0.15) is 0 Å². The van der Waals surface area contributed by atoms with Crippen molar-refractivity contribution in [3.05, 3.63) is 58.5 Å². The number of ether oxygens (including phenoxy) is 2. The molecule has 2 heterocycles. The monoisotopic (exact) mass is 409 g/mol. The maximum Gasteiger partial charge on any atom is 0.329 e. The normalized spacial score (nSPS) is 16.2. The zero-order valence-corrected chi connectivity index (χ0v) is 17.6. The average Bonchev–Trinajstić information content (AvgIpc) is 3.36. The van der Waals surface area contributed by atoms with Crippen molar-refractivity contribution in [2.75, 3.05) is 20.8 Å². The number of carbonyl (C=O) groups excluding carboxylic acids is 1. The Balaban J connectivity index is 1.65. The van der Waals surface area contributed by atoms with Crippen molar-refractivity contribution in [1.82, 2.24) is 14.0 Å². The van der Waals surface area contributed by atoms with Crippen LogP contribution >= 0.6 is 0 Å². The number of hydrogen-bond acceptors (Lipinski definition) is 4. The molecule has 0 radical (unpaired) electrons. The van der Waals surface area contributed by atoms with E-state index in [2.05, 4.69) is 0 Å². The lowest BCUT2D eigenvalue weighted by Crippen LogP contribution is -2.36. The molecule has 158 valence electrons. The first-order valence-corrected chi connectivity index (χ1v) is 10.3. The van der Waals surface area contributed by atoms with Crippen LogP contribution in [0.3, 0.4) is 0 Å². The lowest BCUT2D eigenvalue weighted by molar-refractivity contribution is -0.132. The van der Waals surface area contributed by atoms with Gasteiger partial charge in [-0.15, -0.1) is 0 Å². The van der Waals surface area contributed by atoms with Gasteiger partial charge in [0.15, 0.2) is 0 Å². The number of methoxy groups -OCH3 is 2. The molecule has 0 bridgehead atoms. The highest BCUT2D eigenvalue weighted by molar-refractivity contribution is 5.81. The third kappa shape index (κ3) is 3.34. The second kappa shape index (κ2) is 8.26. The topological polar surface area (TPSA) is 65.7 Å². The molecule has 0 unspecified atom stereocenters. The predicted octanol–water partition coefficient (Wildman–Crippen LogP) is 3.20. The Morgan fingerprint density at radius 1 is 1.07 bits per heavy atom. The molecule has 1 aromatic heterocycles. The Kier molecular flexibility index (Phi) is 5.53. The first kappa shape index (κ1) is 20.1. The molecule has 7 nitrogen and oxygen atoms in total. The van der Waals surface area contributed by atoms with E-state index in [1.165, 1.54) is 0 Å². The molecule has 0 N–H and O–H groups in total. The smallest absolute Gasteiger partial charge is 0.329 e. The number of benzene rings is 2. The van der Waals surface area contributed by atoms with Gasteiger partial charge in [-0.25, -0.2) is 4.79 Å². The standard InChI is InChI=1S/C23H27N3O4/c1-4-24-19-8-5-6-9-20(19)26(23(24)28)15-22(27)25-13-7-10-18(25)17-12-11-16(29-2)14-21(17)30-3/h5-6,8-9,11-12,14,18H,4,7,10,13,15H2,1-3H3/t18-/m1/s1. The summed E-state index contributed by atoms with van der Waals surface area (Å²) in [6.07, 6.45) is 1.78. The van der Waals surface area contributed by atoms with Crippen molar-refractivity contribution >= 4 is 16.9 Å². The van der Waals surface area contributed by atoms with Crippen molar-refractivity contribution in [2.24, 2.45) is 0 Å². The zero-order valence-electron chi connectivity index (χ0n) is 17.6. The van der Waals surface area contributed by atoms with E-state index in [4.69, 9.17) is 9.47 Å². The minimum absolute atomic E-state index is 0.0291. The molecule has 3 aromatic rings. The summed E-state index contributed by atoms with van der Waals surface area (Å²) in [4.78, 5) is 28.1. The molecule has 0 aliphatic carbocycles. The third-order valence-corrected chi connectivity index (χ3v) is 5.91. The van der Waals surface area contributed by atoms with E-state index < -0.39 is 0 Å². The highest BCUT2D eigenvalue weighted by atomic mass is 16.5. The van der Waals surface area contributed by atoms with Crippen molar-refractivity contribution < 1.29 is 14.3 Å². The fourth-order valence-corrected chi connectivity index (χ4v) is 4.44. The van der Waals surface area contributed by atoms with Gasteiger partial charge in [0.1, 0.15) is 18.0 Å². The molecule has 1 fully saturated rings. The van der Waals surface area contributed by atoms with Crippen LogP contribution in [-0.2, 0) is 17.9 Å². The van der Waals surface area contributed by atoms with Crippen molar-refractivity contribution in [1.29, 1.82) is 0 Å². The van der Waals surface area contributed by atoms with Gasteiger partial charge in [-0.05, 0) is 44.0 Å². The Morgan fingerprint density at radius 3 is 2.47 bits per heavy atom. The Bertz CT molecular complexity index is 1130. The molecule has 1 saturated heterocycles. The van der Waals surface area contributed by atoms with Gasteiger partial charge in [0.25, 0.3) is 0 Å². The van der Waals surface area contributed by atoms with E-state index in [1.54, 1.807) is 23.4 Å². The number of aromatic nitrogens is 2. The maximum absolute atomic E-state index is 13.3. The van der Waals surface area contributed by atoms with Crippen molar-refractivity contribution in [2.45, 2.75) is 38.9 Å². The molecule has 0 spiro atoms. The molecule has 7 heteroatoms. The predicted molar refractivity (Wildman–Crippen MR) is 115 cm³/mol. The summed E-state index contributed by atoms with van der Waals surface area (Å²) >= 11 is 0. The molecule has 30 heavy (non-hydrogen) atoms.